The maximum Gasteiger partial charge on any atom is 0.0772 e. The predicted molar refractivity (Wildman–Crippen MR) is 77.9 cm³/mol. The summed E-state index contributed by atoms with van der Waals surface area (Å²) in [6.45, 7) is 1.95. The van der Waals surface area contributed by atoms with Crippen LogP contribution in [0.5, 0.6) is 0 Å². The SMILES string of the molecule is COC1CCCCC1Nc1cc(Cl)c(C)cc1Cl. The monoisotopic (exact) mass is 287 g/mol. The first kappa shape index (κ1) is 14.0. The van der Waals surface area contributed by atoms with E-state index in [9.17, 15) is 0 Å². The zero-order valence-corrected chi connectivity index (χ0v) is 12.3. The summed E-state index contributed by atoms with van der Waals surface area (Å²) in [5, 5.41) is 4.94. The molecule has 1 aromatic carbocycles. The third-order valence-corrected chi connectivity index (χ3v) is 4.31. The molecule has 18 heavy (non-hydrogen) atoms. The highest BCUT2D eigenvalue weighted by atomic mass is 35.5. The number of aryl methyl sites for hydroxylation is 1. The first-order chi connectivity index (χ1) is 8.61. The fraction of sp³-hybridized carbons (Fsp3) is 0.571. The van der Waals surface area contributed by atoms with E-state index in [1.54, 1.807) is 7.11 Å². The van der Waals surface area contributed by atoms with Gasteiger partial charge in [-0.15, -0.1) is 0 Å². The average molecular weight is 288 g/mol. The van der Waals surface area contributed by atoms with Crippen LogP contribution in [-0.4, -0.2) is 19.3 Å². The van der Waals surface area contributed by atoms with Gasteiger partial charge in [-0.2, -0.15) is 0 Å². The molecule has 0 aliphatic heterocycles. The van der Waals surface area contributed by atoms with E-state index in [4.69, 9.17) is 27.9 Å². The molecule has 0 spiro atoms. The summed E-state index contributed by atoms with van der Waals surface area (Å²) < 4.78 is 5.53. The maximum absolute atomic E-state index is 6.25. The largest absolute Gasteiger partial charge is 0.379 e. The lowest BCUT2D eigenvalue weighted by Crippen LogP contribution is -2.37. The Balaban J connectivity index is 2.15. The van der Waals surface area contributed by atoms with E-state index in [1.807, 2.05) is 19.1 Å². The van der Waals surface area contributed by atoms with Gasteiger partial charge in [-0.3, -0.25) is 0 Å². The normalized spacial score (nSPS) is 24.0. The molecule has 0 aromatic heterocycles. The van der Waals surface area contributed by atoms with E-state index >= 15 is 0 Å². The number of nitrogens with one attached hydrogen (secondary N) is 1. The molecule has 1 saturated carbocycles. The quantitative estimate of drug-likeness (QED) is 0.872. The molecular formula is C14H19Cl2NO. The van der Waals surface area contributed by atoms with Crippen molar-refractivity contribution < 1.29 is 4.74 Å². The van der Waals surface area contributed by atoms with Gasteiger partial charge in [-0.05, 0) is 37.5 Å². The minimum absolute atomic E-state index is 0.259. The Morgan fingerprint density at radius 3 is 2.61 bits per heavy atom. The van der Waals surface area contributed by atoms with Crippen molar-refractivity contribution in [2.75, 3.05) is 12.4 Å². The molecule has 1 aliphatic rings. The van der Waals surface area contributed by atoms with Crippen molar-refractivity contribution in [2.24, 2.45) is 0 Å². The molecular weight excluding hydrogens is 269 g/mol. The van der Waals surface area contributed by atoms with Crippen molar-refractivity contribution in [3.8, 4) is 0 Å². The topological polar surface area (TPSA) is 21.3 Å². The lowest BCUT2D eigenvalue weighted by atomic mass is 9.92. The highest BCUT2D eigenvalue weighted by Crippen LogP contribution is 2.32. The van der Waals surface area contributed by atoms with Crippen LogP contribution in [-0.2, 0) is 4.74 Å². The van der Waals surface area contributed by atoms with Crippen LogP contribution in [0, 0.1) is 6.92 Å². The van der Waals surface area contributed by atoms with Gasteiger partial charge in [0.2, 0.25) is 0 Å². The van der Waals surface area contributed by atoms with Crippen LogP contribution in [0.2, 0.25) is 10.0 Å². The van der Waals surface area contributed by atoms with Crippen LogP contribution < -0.4 is 5.32 Å². The van der Waals surface area contributed by atoms with Crippen LogP contribution >= 0.6 is 23.2 Å². The molecule has 2 rings (SSSR count). The van der Waals surface area contributed by atoms with Crippen LogP contribution in [0.25, 0.3) is 0 Å². The second-order valence-electron chi connectivity index (χ2n) is 4.89. The van der Waals surface area contributed by atoms with Gasteiger partial charge in [0.25, 0.3) is 0 Å². The van der Waals surface area contributed by atoms with E-state index in [2.05, 4.69) is 5.32 Å². The van der Waals surface area contributed by atoms with Gasteiger partial charge < -0.3 is 10.1 Å². The minimum Gasteiger partial charge on any atom is -0.379 e. The first-order valence-electron chi connectivity index (χ1n) is 6.37. The molecule has 2 atom stereocenters. The van der Waals surface area contributed by atoms with Gasteiger partial charge in [-0.1, -0.05) is 36.0 Å². The van der Waals surface area contributed by atoms with Gasteiger partial charge in [-0.25, -0.2) is 0 Å². The van der Waals surface area contributed by atoms with Crippen LogP contribution in [0.15, 0.2) is 12.1 Å². The zero-order valence-electron chi connectivity index (χ0n) is 10.8. The fourth-order valence-electron chi connectivity index (χ4n) is 2.50. The molecule has 4 heteroatoms. The number of hydrogen-bond donors (Lipinski definition) is 1. The van der Waals surface area contributed by atoms with E-state index in [0.29, 0.717) is 6.04 Å². The fourth-order valence-corrected chi connectivity index (χ4v) is 2.94. The summed E-state index contributed by atoms with van der Waals surface area (Å²) in [7, 11) is 1.77. The smallest absolute Gasteiger partial charge is 0.0772 e. The van der Waals surface area contributed by atoms with Crippen molar-refractivity contribution in [3.05, 3.63) is 27.7 Å². The van der Waals surface area contributed by atoms with E-state index in [0.717, 1.165) is 34.1 Å². The van der Waals surface area contributed by atoms with Crippen LogP contribution in [0.4, 0.5) is 5.69 Å². The van der Waals surface area contributed by atoms with Gasteiger partial charge in [0.15, 0.2) is 0 Å². The number of anilines is 1. The molecule has 1 aromatic rings. The summed E-state index contributed by atoms with van der Waals surface area (Å²) in [4.78, 5) is 0. The zero-order chi connectivity index (χ0) is 13.1. The molecule has 2 unspecified atom stereocenters. The van der Waals surface area contributed by atoms with E-state index < -0.39 is 0 Å². The third-order valence-electron chi connectivity index (χ3n) is 3.59. The Morgan fingerprint density at radius 1 is 1.17 bits per heavy atom. The second-order valence-corrected chi connectivity index (χ2v) is 5.71. The summed E-state index contributed by atoms with van der Waals surface area (Å²) in [6.07, 6.45) is 4.94. The Hall–Kier alpha value is -0.440. The summed E-state index contributed by atoms with van der Waals surface area (Å²) >= 11 is 12.4. The maximum atomic E-state index is 6.25. The van der Waals surface area contributed by atoms with Crippen LogP contribution in [0.3, 0.4) is 0 Å². The Bertz CT molecular complexity index is 423. The molecule has 0 amide bonds. The molecule has 1 N–H and O–H groups in total. The molecule has 1 aliphatic carbocycles. The summed E-state index contributed by atoms with van der Waals surface area (Å²) in [5.41, 5.74) is 1.90. The lowest BCUT2D eigenvalue weighted by molar-refractivity contribution is 0.0606. The Morgan fingerprint density at radius 2 is 1.89 bits per heavy atom. The van der Waals surface area contributed by atoms with Crippen molar-refractivity contribution in [1.82, 2.24) is 0 Å². The highest BCUT2D eigenvalue weighted by Gasteiger charge is 2.25. The molecule has 0 radical (unpaired) electrons. The van der Waals surface area contributed by atoms with Gasteiger partial charge in [0.1, 0.15) is 0 Å². The van der Waals surface area contributed by atoms with Crippen molar-refractivity contribution in [2.45, 2.75) is 44.8 Å². The van der Waals surface area contributed by atoms with Crippen LogP contribution in [0.1, 0.15) is 31.2 Å². The van der Waals surface area contributed by atoms with Crippen molar-refractivity contribution in [1.29, 1.82) is 0 Å². The third kappa shape index (κ3) is 3.11. The van der Waals surface area contributed by atoms with E-state index in [1.165, 1.54) is 12.8 Å². The summed E-state index contributed by atoms with van der Waals surface area (Å²) in [5.74, 6) is 0. The number of halogens is 2. The molecule has 1 fully saturated rings. The second kappa shape index (κ2) is 6.14. The summed E-state index contributed by atoms with van der Waals surface area (Å²) in [6, 6.07) is 4.12. The standard InChI is InChI=1S/C14H19Cl2NO/c1-9-7-11(16)13(8-10(9)15)17-12-5-3-4-6-14(12)18-2/h7-8,12,14,17H,3-6H2,1-2H3. The number of ether oxygens (including phenoxy) is 1. The lowest BCUT2D eigenvalue weighted by Gasteiger charge is -2.32. The number of methoxy groups -OCH3 is 1. The predicted octanol–water partition coefficient (Wildman–Crippen LogP) is 4.67. The van der Waals surface area contributed by atoms with Gasteiger partial charge >= 0.3 is 0 Å². The number of hydrogen-bond acceptors (Lipinski definition) is 2. The van der Waals surface area contributed by atoms with Gasteiger partial charge in [0, 0.05) is 12.1 Å². The Kier molecular flexibility index (Phi) is 4.77. The minimum atomic E-state index is 0.259. The molecule has 0 saturated heterocycles. The highest BCUT2D eigenvalue weighted by molar-refractivity contribution is 6.35. The van der Waals surface area contributed by atoms with Gasteiger partial charge in [0.05, 0.1) is 22.9 Å². The van der Waals surface area contributed by atoms with Crippen molar-refractivity contribution in [3.63, 3.8) is 0 Å². The number of rotatable bonds is 3. The molecule has 2 nitrogen and oxygen atoms in total. The number of benzene rings is 1. The molecule has 100 valence electrons. The molecule has 0 heterocycles. The van der Waals surface area contributed by atoms with Crippen molar-refractivity contribution >= 4 is 28.9 Å². The Labute approximate surface area is 119 Å². The van der Waals surface area contributed by atoms with E-state index in [-0.39, 0.29) is 6.10 Å². The first-order valence-corrected chi connectivity index (χ1v) is 7.12. The molecule has 0 bridgehead atoms. The average Bonchev–Trinajstić information content (AvgIpc) is 2.36.